The molecule has 90 valence electrons. The van der Waals surface area contributed by atoms with Crippen LogP contribution in [0.5, 0.6) is 0 Å². The minimum absolute atomic E-state index is 0.772. The van der Waals surface area contributed by atoms with Crippen molar-refractivity contribution in [3.8, 4) is 0 Å². The Bertz CT molecular complexity index is 347. The van der Waals surface area contributed by atoms with Gasteiger partial charge in [-0.25, -0.2) is 4.98 Å². The minimum Gasteiger partial charge on any atom is -0.370 e. The molecule has 1 N–H and O–H groups in total. The van der Waals surface area contributed by atoms with Gasteiger partial charge in [0.05, 0.1) is 0 Å². The standard InChI is InChI=1S/C12H22N4/c1-6-8-13-11-10(7-2)9(3)14-12(15-11)16(4)5/h6-8H2,1-5H3,(H,13,14,15). The second-order valence-electron chi connectivity index (χ2n) is 4.11. The van der Waals surface area contributed by atoms with E-state index in [4.69, 9.17) is 0 Å². The number of anilines is 2. The molecule has 0 amide bonds. The zero-order valence-corrected chi connectivity index (χ0v) is 11.0. The molecule has 1 heterocycles. The lowest BCUT2D eigenvalue weighted by Crippen LogP contribution is -2.16. The molecule has 1 rings (SSSR count). The first-order valence-electron chi connectivity index (χ1n) is 5.88. The van der Waals surface area contributed by atoms with Gasteiger partial charge in [-0.15, -0.1) is 0 Å². The number of aromatic nitrogens is 2. The van der Waals surface area contributed by atoms with E-state index in [1.54, 1.807) is 0 Å². The highest BCUT2D eigenvalue weighted by atomic mass is 15.2. The van der Waals surface area contributed by atoms with E-state index in [-0.39, 0.29) is 0 Å². The second-order valence-corrected chi connectivity index (χ2v) is 4.11. The zero-order chi connectivity index (χ0) is 12.1. The second kappa shape index (κ2) is 5.68. The van der Waals surface area contributed by atoms with Crippen LogP contribution in [0.25, 0.3) is 0 Å². The van der Waals surface area contributed by atoms with Crippen LogP contribution in [0.4, 0.5) is 11.8 Å². The van der Waals surface area contributed by atoms with Crippen LogP contribution in [-0.4, -0.2) is 30.6 Å². The van der Waals surface area contributed by atoms with Gasteiger partial charge in [-0.1, -0.05) is 13.8 Å². The highest BCUT2D eigenvalue weighted by Gasteiger charge is 2.10. The molecule has 0 fully saturated rings. The lowest BCUT2D eigenvalue weighted by Gasteiger charge is -2.16. The van der Waals surface area contributed by atoms with Gasteiger partial charge in [-0.05, 0) is 19.8 Å². The lowest BCUT2D eigenvalue weighted by atomic mass is 10.1. The van der Waals surface area contributed by atoms with Crippen molar-refractivity contribution in [2.45, 2.75) is 33.6 Å². The summed E-state index contributed by atoms with van der Waals surface area (Å²) in [4.78, 5) is 11.0. The van der Waals surface area contributed by atoms with E-state index >= 15 is 0 Å². The summed E-state index contributed by atoms with van der Waals surface area (Å²) in [6, 6.07) is 0. The number of rotatable bonds is 5. The molecule has 0 radical (unpaired) electrons. The van der Waals surface area contributed by atoms with Gasteiger partial charge in [-0.2, -0.15) is 4.98 Å². The summed E-state index contributed by atoms with van der Waals surface area (Å²) in [5.41, 5.74) is 2.29. The number of nitrogens with zero attached hydrogens (tertiary/aromatic N) is 3. The lowest BCUT2D eigenvalue weighted by molar-refractivity contribution is 0.912. The topological polar surface area (TPSA) is 41.1 Å². The van der Waals surface area contributed by atoms with E-state index < -0.39 is 0 Å². The first-order valence-corrected chi connectivity index (χ1v) is 5.88. The van der Waals surface area contributed by atoms with Crippen LogP contribution in [0, 0.1) is 6.92 Å². The Kier molecular flexibility index (Phi) is 4.52. The van der Waals surface area contributed by atoms with Crippen LogP contribution < -0.4 is 10.2 Å². The summed E-state index contributed by atoms with van der Waals surface area (Å²) in [6.45, 7) is 7.29. The summed E-state index contributed by atoms with van der Waals surface area (Å²) in [5, 5.41) is 3.37. The molecule has 4 heteroatoms. The van der Waals surface area contributed by atoms with Crippen molar-refractivity contribution < 1.29 is 0 Å². The molecular weight excluding hydrogens is 200 g/mol. The molecule has 0 saturated heterocycles. The molecule has 0 aliphatic rings. The third-order valence-electron chi connectivity index (χ3n) is 2.50. The summed E-state index contributed by atoms with van der Waals surface area (Å²) in [6.07, 6.45) is 2.06. The Balaban J connectivity index is 3.09. The van der Waals surface area contributed by atoms with Gasteiger partial charge < -0.3 is 10.2 Å². The Hall–Kier alpha value is -1.32. The van der Waals surface area contributed by atoms with Crippen LogP contribution in [0.3, 0.4) is 0 Å². The van der Waals surface area contributed by atoms with Gasteiger partial charge in [0.2, 0.25) is 5.95 Å². The summed E-state index contributed by atoms with van der Waals surface area (Å²) >= 11 is 0. The highest BCUT2D eigenvalue weighted by molar-refractivity contribution is 5.50. The highest BCUT2D eigenvalue weighted by Crippen LogP contribution is 2.19. The monoisotopic (exact) mass is 222 g/mol. The maximum Gasteiger partial charge on any atom is 0.227 e. The van der Waals surface area contributed by atoms with Crippen LogP contribution in [-0.2, 0) is 6.42 Å². The summed E-state index contributed by atoms with van der Waals surface area (Å²) in [5.74, 6) is 1.76. The molecule has 0 aliphatic carbocycles. The Morgan fingerprint density at radius 2 is 1.88 bits per heavy atom. The van der Waals surface area contributed by atoms with Gasteiger partial charge in [0.15, 0.2) is 0 Å². The van der Waals surface area contributed by atoms with Crippen molar-refractivity contribution in [1.82, 2.24) is 9.97 Å². The largest absolute Gasteiger partial charge is 0.370 e. The van der Waals surface area contributed by atoms with Crippen molar-refractivity contribution in [1.29, 1.82) is 0 Å². The summed E-state index contributed by atoms with van der Waals surface area (Å²) < 4.78 is 0. The van der Waals surface area contributed by atoms with Crippen molar-refractivity contribution >= 4 is 11.8 Å². The molecule has 0 aliphatic heterocycles. The predicted molar refractivity (Wildman–Crippen MR) is 69.3 cm³/mol. The molecule has 0 bridgehead atoms. The molecule has 1 aromatic rings. The molecule has 4 nitrogen and oxygen atoms in total. The summed E-state index contributed by atoms with van der Waals surface area (Å²) in [7, 11) is 3.92. The van der Waals surface area contributed by atoms with Crippen molar-refractivity contribution in [3.63, 3.8) is 0 Å². The number of hydrogen-bond donors (Lipinski definition) is 1. The minimum atomic E-state index is 0.772. The van der Waals surface area contributed by atoms with Gasteiger partial charge in [0.1, 0.15) is 5.82 Å². The van der Waals surface area contributed by atoms with E-state index in [1.807, 2.05) is 25.9 Å². The Labute approximate surface area is 98.1 Å². The first kappa shape index (κ1) is 12.7. The average Bonchev–Trinajstić information content (AvgIpc) is 2.25. The number of nitrogens with one attached hydrogen (secondary N) is 1. The SMILES string of the molecule is CCCNc1nc(N(C)C)nc(C)c1CC. The fraction of sp³-hybridized carbons (Fsp3) is 0.667. The normalized spacial score (nSPS) is 10.3. The third-order valence-corrected chi connectivity index (χ3v) is 2.50. The fourth-order valence-electron chi connectivity index (χ4n) is 1.59. The van der Waals surface area contributed by atoms with Crippen LogP contribution in [0.15, 0.2) is 0 Å². The molecule has 0 aromatic carbocycles. The molecule has 0 unspecified atom stereocenters. The smallest absolute Gasteiger partial charge is 0.227 e. The van der Waals surface area contributed by atoms with Crippen LogP contribution in [0.1, 0.15) is 31.5 Å². The van der Waals surface area contributed by atoms with Gasteiger partial charge in [0.25, 0.3) is 0 Å². The Morgan fingerprint density at radius 1 is 1.19 bits per heavy atom. The zero-order valence-electron chi connectivity index (χ0n) is 11.0. The van der Waals surface area contributed by atoms with Gasteiger partial charge >= 0.3 is 0 Å². The van der Waals surface area contributed by atoms with Gasteiger partial charge in [0, 0.05) is 31.9 Å². The fourth-order valence-corrected chi connectivity index (χ4v) is 1.59. The van der Waals surface area contributed by atoms with Gasteiger partial charge in [-0.3, -0.25) is 0 Å². The van der Waals surface area contributed by atoms with E-state index in [0.29, 0.717) is 0 Å². The molecule has 0 spiro atoms. The molecule has 0 atom stereocenters. The molecule has 16 heavy (non-hydrogen) atoms. The van der Waals surface area contributed by atoms with Crippen molar-refractivity contribution in [2.24, 2.45) is 0 Å². The van der Waals surface area contributed by atoms with Crippen molar-refractivity contribution in [2.75, 3.05) is 30.9 Å². The van der Waals surface area contributed by atoms with Crippen LogP contribution >= 0.6 is 0 Å². The third kappa shape index (κ3) is 2.84. The molecular formula is C12H22N4. The first-order chi connectivity index (χ1) is 7.60. The van der Waals surface area contributed by atoms with Crippen LogP contribution in [0.2, 0.25) is 0 Å². The quantitative estimate of drug-likeness (QED) is 0.829. The molecule has 0 saturated carbocycles. The van der Waals surface area contributed by atoms with E-state index in [9.17, 15) is 0 Å². The number of hydrogen-bond acceptors (Lipinski definition) is 4. The van der Waals surface area contributed by atoms with E-state index in [2.05, 4.69) is 29.1 Å². The van der Waals surface area contributed by atoms with E-state index in [0.717, 1.165) is 36.8 Å². The van der Waals surface area contributed by atoms with Crippen molar-refractivity contribution in [3.05, 3.63) is 11.3 Å². The maximum absolute atomic E-state index is 4.55. The molecule has 1 aromatic heterocycles. The van der Waals surface area contributed by atoms with E-state index in [1.165, 1.54) is 5.56 Å². The maximum atomic E-state index is 4.55. The average molecular weight is 222 g/mol. The predicted octanol–water partition coefficient (Wildman–Crippen LogP) is 2.24. The number of aryl methyl sites for hydroxylation is 1. The Morgan fingerprint density at radius 3 is 2.38 bits per heavy atom.